The monoisotopic (exact) mass is 445 g/mol. The normalized spacial score (nSPS) is 10.9. The number of hydrogen-bond acceptors (Lipinski definition) is 3. The lowest BCUT2D eigenvalue weighted by atomic mass is 10.2. The van der Waals surface area contributed by atoms with Gasteiger partial charge in [-0.1, -0.05) is 33.6 Å². The fourth-order valence-corrected chi connectivity index (χ4v) is 3.60. The minimum atomic E-state index is 0.176. The van der Waals surface area contributed by atoms with Crippen molar-refractivity contribution in [3.05, 3.63) is 55.6 Å². The smallest absolute Gasteiger partial charge is 0.224 e. The Hall–Kier alpha value is -0.880. The van der Waals surface area contributed by atoms with E-state index < -0.39 is 0 Å². The van der Waals surface area contributed by atoms with Crippen LogP contribution in [0.3, 0.4) is 0 Å². The number of hydrogen-bond donors (Lipinski definition) is 1. The van der Waals surface area contributed by atoms with E-state index in [0.29, 0.717) is 10.8 Å². The Morgan fingerprint density at radius 1 is 1.00 bits per heavy atom. The lowest BCUT2D eigenvalue weighted by molar-refractivity contribution is 1.21. The Morgan fingerprint density at radius 3 is 2.57 bits per heavy atom. The molecule has 7 heteroatoms. The van der Waals surface area contributed by atoms with Gasteiger partial charge in [-0.15, -0.1) is 0 Å². The van der Waals surface area contributed by atoms with Gasteiger partial charge in [0.05, 0.1) is 5.52 Å². The van der Waals surface area contributed by atoms with Crippen LogP contribution in [0.1, 0.15) is 0 Å². The van der Waals surface area contributed by atoms with Gasteiger partial charge < -0.3 is 5.32 Å². The summed E-state index contributed by atoms with van der Waals surface area (Å²) in [7, 11) is 0. The third-order valence-electron chi connectivity index (χ3n) is 2.78. The molecular formula is C14H7Br2Cl2N3. The van der Waals surface area contributed by atoms with Crippen molar-refractivity contribution in [1.82, 2.24) is 9.97 Å². The minimum absolute atomic E-state index is 0.176. The van der Waals surface area contributed by atoms with E-state index in [1.54, 1.807) is 0 Å². The molecule has 1 aromatic heterocycles. The number of anilines is 2. The zero-order valence-electron chi connectivity index (χ0n) is 10.4. The molecule has 0 fully saturated rings. The second-order valence-corrected chi connectivity index (χ2v) is 6.80. The first kappa shape index (κ1) is 15.0. The van der Waals surface area contributed by atoms with Gasteiger partial charge in [0.2, 0.25) is 5.28 Å². The predicted octanol–water partition coefficient (Wildman–Crippen LogP) is 6.21. The molecule has 3 aromatic rings. The lowest BCUT2D eigenvalue weighted by Crippen LogP contribution is -1.97. The van der Waals surface area contributed by atoms with Crippen LogP contribution in [0.5, 0.6) is 0 Å². The molecular weight excluding hydrogens is 441 g/mol. The van der Waals surface area contributed by atoms with Gasteiger partial charge in [0.1, 0.15) is 5.82 Å². The summed E-state index contributed by atoms with van der Waals surface area (Å²) in [5.41, 5.74) is 1.57. The SMILES string of the molecule is Clc1cccc(Nc2nc(Cl)nc3c(Br)cc(Br)cc23)c1. The van der Waals surface area contributed by atoms with Crippen molar-refractivity contribution >= 4 is 77.5 Å². The first-order chi connectivity index (χ1) is 10.0. The van der Waals surface area contributed by atoms with Crippen LogP contribution < -0.4 is 5.32 Å². The molecule has 0 bridgehead atoms. The van der Waals surface area contributed by atoms with Crippen molar-refractivity contribution < 1.29 is 0 Å². The van der Waals surface area contributed by atoms with Crippen molar-refractivity contribution in [2.45, 2.75) is 0 Å². The molecule has 106 valence electrons. The van der Waals surface area contributed by atoms with Crippen LogP contribution in [0.4, 0.5) is 11.5 Å². The van der Waals surface area contributed by atoms with E-state index in [0.717, 1.165) is 25.5 Å². The highest BCUT2D eigenvalue weighted by Gasteiger charge is 2.11. The van der Waals surface area contributed by atoms with E-state index in [9.17, 15) is 0 Å². The highest BCUT2D eigenvalue weighted by molar-refractivity contribution is 9.11. The summed E-state index contributed by atoms with van der Waals surface area (Å²) in [5.74, 6) is 0.620. The van der Waals surface area contributed by atoms with Crippen LogP contribution in [0, 0.1) is 0 Å². The van der Waals surface area contributed by atoms with Crippen molar-refractivity contribution in [2.24, 2.45) is 0 Å². The second-order valence-electron chi connectivity index (χ2n) is 4.26. The highest BCUT2D eigenvalue weighted by Crippen LogP contribution is 2.33. The fourth-order valence-electron chi connectivity index (χ4n) is 1.93. The summed E-state index contributed by atoms with van der Waals surface area (Å²) in [6.45, 7) is 0. The molecule has 0 saturated carbocycles. The van der Waals surface area contributed by atoms with E-state index in [1.165, 1.54) is 0 Å². The number of benzene rings is 2. The number of aromatic nitrogens is 2. The summed E-state index contributed by atoms with van der Waals surface area (Å²) in [4.78, 5) is 8.52. The molecule has 0 radical (unpaired) electrons. The average Bonchev–Trinajstić information content (AvgIpc) is 2.40. The molecule has 0 saturated heterocycles. The summed E-state index contributed by atoms with van der Waals surface area (Å²) >= 11 is 19.0. The molecule has 2 aromatic carbocycles. The van der Waals surface area contributed by atoms with E-state index in [2.05, 4.69) is 47.1 Å². The molecule has 0 spiro atoms. The minimum Gasteiger partial charge on any atom is -0.340 e. The van der Waals surface area contributed by atoms with Gasteiger partial charge in [0.15, 0.2) is 0 Å². The van der Waals surface area contributed by atoms with Crippen molar-refractivity contribution in [3.63, 3.8) is 0 Å². The predicted molar refractivity (Wildman–Crippen MR) is 94.7 cm³/mol. The molecule has 0 unspecified atom stereocenters. The van der Waals surface area contributed by atoms with Crippen LogP contribution in [0.25, 0.3) is 10.9 Å². The first-order valence-corrected chi connectivity index (χ1v) is 8.22. The third-order valence-corrected chi connectivity index (χ3v) is 4.25. The zero-order valence-corrected chi connectivity index (χ0v) is 15.1. The number of nitrogens with one attached hydrogen (secondary N) is 1. The molecule has 3 rings (SSSR count). The maximum Gasteiger partial charge on any atom is 0.224 e. The number of fused-ring (bicyclic) bond motifs is 1. The van der Waals surface area contributed by atoms with Gasteiger partial charge in [-0.05, 0) is 57.9 Å². The Labute approximate surface area is 148 Å². The number of rotatable bonds is 2. The van der Waals surface area contributed by atoms with Crippen LogP contribution >= 0.6 is 55.1 Å². The summed E-state index contributed by atoms with van der Waals surface area (Å²) in [6, 6.07) is 11.2. The number of nitrogens with zero attached hydrogens (tertiary/aromatic N) is 2. The molecule has 3 nitrogen and oxygen atoms in total. The average molecular weight is 448 g/mol. The Balaban J connectivity index is 2.17. The van der Waals surface area contributed by atoms with Crippen molar-refractivity contribution in [1.29, 1.82) is 0 Å². The largest absolute Gasteiger partial charge is 0.340 e. The molecule has 0 amide bonds. The lowest BCUT2D eigenvalue weighted by Gasteiger charge is -2.10. The van der Waals surface area contributed by atoms with Gasteiger partial charge in [0.25, 0.3) is 0 Å². The van der Waals surface area contributed by atoms with E-state index >= 15 is 0 Å². The second kappa shape index (κ2) is 6.08. The summed E-state index contributed by atoms with van der Waals surface area (Å²) in [5, 5.41) is 4.89. The molecule has 1 N–H and O–H groups in total. The number of halogens is 4. The Kier molecular flexibility index (Phi) is 4.36. The fraction of sp³-hybridized carbons (Fsp3) is 0. The van der Waals surface area contributed by atoms with Crippen LogP contribution in [0.15, 0.2) is 45.3 Å². The Bertz CT molecular complexity index is 840. The van der Waals surface area contributed by atoms with Crippen LogP contribution in [-0.4, -0.2) is 9.97 Å². The molecule has 0 atom stereocenters. The summed E-state index contributed by atoms with van der Waals surface area (Å²) in [6.07, 6.45) is 0. The molecule has 0 aliphatic heterocycles. The maximum atomic E-state index is 6.01. The van der Waals surface area contributed by atoms with E-state index in [4.69, 9.17) is 23.2 Å². The van der Waals surface area contributed by atoms with Crippen LogP contribution in [-0.2, 0) is 0 Å². The van der Waals surface area contributed by atoms with E-state index in [-0.39, 0.29) is 5.28 Å². The van der Waals surface area contributed by atoms with Crippen molar-refractivity contribution in [2.75, 3.05) is 5.32 Å². The van der Waals surface area contributed by atoms with Gasteiger partial charge in [0, 0.05) is 25.0 Å². The van der Waals surface area contributed by atoms with Gasteiger partial charge in [-0.25, -0.2) is 4.98 Å². The van der Waals surface area contributed by atoms with Gasteiger partial charge in [-0.3, -0.25) is 0 Å². The van der Waals surface area contributed by atoms with Gasteiger partial charge >= 0.3 is 0 Å². The maximum absolute atomic E-state index is 6.01. The van der Waals surface area contributed by atoms with Gasteiger partial charge in [-0.2, -0.15) is 4.98 Å². The highest BCUT2D eigenvalue weighted by atomic mass is 79.9. The molecule has 0 aliphatic carbocycles. The standard InChI is InChI=1S/C14H7Br2Cl2N3/c15-7-4-10-12(11(16)5-7)20-14(18)21-13(10)19-9-3-1-2-8(17)6-9/h1-6H,(H,19,20,21). The quantitative estimate of drug-likeness (QED) is 0.475. The van der Waals surface area contributed by atoms with Crippen LogP contribution in [0.2, 0.25) is 10.3 Å². The molecule has 1 heterocycles. The van der Waals surface area contributed by atoms with Crippen molar-refractivity contribution in [3.8, 4) is 0 Å². The zero-order chi connectivity index (χ0) is 15.0. The third kappa shape index (κ3) is 3.31. The summed E-state index contributed by atoms with van der Waals surface area (Å²) < 4.78 is 1.76. The first-order valence-electron chi connectivity index (χ1n) is 5.88. The van der Waals surface area contributed by atoms with E-state index in [1.807, 2.05) is 36.4 Å². The Morgan fingerprint density at radius 2 is 1.81 bits per heavy atom. The molecule has 0 aliphatic rings. The molecule has 21 heavy (non-hydrogen) atoms. The topological polar surface area (TPSA) is 37.8 Å².